The molecule has 2 aromatic heterocycles. The average Bonchev–Trinajstić information content (AvgIpc) is 3.00. The van der Waals surface area contributed by atoms with Crippen LogP contribution in [0.5, 0.6) is 0 Å². The van der Waals surface area contributed by atoms with Crippen LogP contribution in [0.1, 0.15) is 13.8 Å². The number of thioether (sulfide) groups is 1. The summed E-state index contributed by atoms with van der Waals surface area (Å²) < 4.78 is 2.42. The Morgan fingerprint density at radius 1 is 1.12 bits per heavy atom. The van der Waals surface area contributed by atoms with Gasteiger partial charge in [0.05, 0.1) is 17.2 Å². The predicted octanol–water partition coefficient (Wildman–Crippen LogP) is 1.71. The van der Waals surface area contributed by atoms with Crippen molar-refractivity contribution in [2.75, 3.05) is 31.1 Å². The molecule has 0 amide bonds. The van der Waals surface area contributed by atoms with Crippen molar-refractivity contribution in [3.05, 3.63) is 48.7 Å². The molecule has 26 heavy (non-hydrogen) atoms. The SMILES string of the molecule is CC(C)Sc1nc2ccccc2n1C[NH+]1CCN(c2cccc[nH+]2)CC1. The number of para-hydroxylation sites is 2. The Morgan fingerprint density at radius 3 is 2.62 bits per heavy atom. The zero-order chi connectivity index (χ0) is 17.9. The highest BCUT2D eigenvalue weighted by Crippen LogP contribution is 2.26. The maximum Gasteiger partial charge on any atom is 0.274 e. The molecule has 0 saturated carbocycles. The van der Waals surface area contributed by atoms with Crippen molar-refractivity contribution in [1.82, 2.24) is 9.55 Å². The third-order valence-corrected chi connectivity index (χ3v) is 5.84. The first-order chi connectivity index (χ1) is 12.7. The van der Waals surface area contributed by atoms with Gasteiger partial charge in [-0.15, -0.1) is 0 Å². The van der Waals surface area contributed by atoms with E-state index in [9.17, 15) is 0 Å². The molecule has 0 unspecified atom stereocenters. The number of quaternary nitrogens is 1. The number of rotatable bonds is 5. The summed E-state index contributed by atoms with van der Waals surface area (Å²) in [6, 6.07) is 14.8. The molecule has 1 fully saturated rings. The minimum Gasteiger partial charge on any atom is -0.311 e. The molecular weight excluding hydrogens is 342 g/mol. The van der Waals surface area contributed by atoms with E-state index in [4.69, 9.17) is 4.98 Å². The average molecular weight is 370 g/mol. The van der Waals surface area contributed by atoms with Crippen LogP contribution in [-0.2, 0) is 6.67 Å². The summed E-state index contributed by atoms with van der Waals surface area (Å²) in [5.74, 6) is 1.22. The molecule has 4 rings (SSSR count). The largest absolute Gasteiger partial charge is 0.311 e. The number of nitrogens with one attached hydrogen (secondary N) is 2. The minimum atomic E-state index is 0.533. The normalized spacial score (nSPS) is 15.9. The lowest BCUT2D eigenvalue weighted by Gasteiger charge is -2.29. The molecule has 3 aromatic rings. The monoisotopic (exact) mass is 369 g/mol. The number of nitrogens with zero attached hydrogens (tertiary/aromatic N) is 3. The maximum atomic E-state index is 4.88. The van der Waals surface area contributed by atoms with Crippen molar-refractivity contribution in [2.45, 2.75) is 30.9 Å². The molecule has 2 N–H and O–H groups in total. The summed E-state index contributed by atoms with van der Waals surface area (Å²) in [5, 5.41) is 1.68. The number of piperazine rings is 1. The van der Waals surface area contributed by atoms with E-state index in [1.54, 1.807) is 4.90 Å². The van der Waals surface area contributed by atoms with E-state index < -0.39 is 0 Å². The molecule has 5 nitrogen and oxygen atoms in total. The van der Waals surface area contributed by atoms with Crippen LogP contribution < -0.4 is 14.8 Å². The molecule has 6 heteroatoms. The van der Waals surface area contributed by atoms with Gasteiger partial charge in [0.25, 0.3) is 5.82 Å². The van der Waals surface area contributed by atoms with Gasteiger partial charge in [-0.3, -0.25) is 9.47 Å². The summed E-state index contributed by atoms with van der Waals surface area (Å²) in [6.07, 6.45) is 2.00. The Bertz CT molecular complexity index is 853. The second-order valence-corrected chi connectivity index (χ2v) is 8.66. The van der Waals surface area contributed by atoms with Crippen molar-refractivity contribution >= 4 is 28.6 Å². The zero-order valence-corrected chi connectivity index (χ0v) is 16.3. The molecule has 1 aliphatic heterocycles. The molecule has 1 aliphatic rings. The number of fused-ring (bicyclic) bond motifs is 1. The molecule has 0 spiro atoms. The van der Waals surface area contributed by atoms with Gasteiger partial charge in [0.2, 0.25) is 0 Å². The Morgan fingerprint density at radius 2 is 1.88 bits per heavy atom. The summed E-state index contributed by atoms with van der Waals surface area (Å²) >= 11 is 1.86. The smallest absolute Gasteiger partial charge is 0.274 e. The molecule has 1 saturated heterocycles. The van der Waals surface area contributed by atoms with Gasteiger partial charge in [-0.05, 0) is 18.2 Å². The number of imidazole rings is 1. The van der Waals surface area contributed by atoms with Crippen molar-refractivity contribution in [2.24, 2.45) is 0 Å². The Hall–Kier alpha value is -2.05. The number of H-pyrrole nitrogens is 1. The lowest BCUT2D eigenvalue weighted by molar-refractivity contribution is -0.923. The fraction of sp³-hybridized carbons (Fsp3) is 0.400. The van der Waals surface area contributed by atoms with Crippen LogP contribution in [-0.4, -0.2) is 41.0 Å². The summed E-state index contributed by atoms with van der Waals surface area (Å²) in [4.78, 5) is 12.3. The number of benzene rings is 1. The van der Waals surface area contributed by atoms with Gasteiger partial charge in [-0.1, -0.05) is 43.8 Å². The standard InChI is InChI=1S/C20H25N5S/c1-16(2)26-20-22-17-7-3-4-8-18(17)25(20)15-23-11-13-24(14-12-23)19-9-5-6-10-21-19/h3-10,16H,11-15H2,1-2H3/p+2. The number of hydrogen-bond acceptors (Lipinski definition) is 3. The highest BCUT2D eigenvalue weighted by atomic mass is 32.2. The van der Waals surface area contributed by atoms with Crippen molar-refractivity contribution < 1.29 is 9.88 Å². The van der Waals surface area contributed by atoms with Gasteiger partial charge >= 0.3 is 0 Å². The topological polar surface area (TPSA) is 39.6 Å². The first kappa shape index (κ1) is 17.4. The van der Waals surface area contributed by atoms with E-state index in [2.05, 4.69) is 64.7 Å². The van der Waals surface area contributed by atoms with Gasteiger partial charge in [0, 0.05) is 11.3 Å². The molecule has 136 valence electrons. The van der Waals surface area contributed by atoms with Crippen LogP contribution in [0.3, 0.4) is 0 Å². The van der Waals surface area contributed by atoms with Crippen LogP contribution in [0.2, 0.25) is 0 Å². The fourth-order valence-corrected chi connectivity index (χ4v) is 4.40. The quantitative estimate of drug-likeness (QED) is 0.696. The number of aromatic nitrogens is 3. The third kappa shape index (κ3) is 3.71. The van der Waals surface area contributed by atoms with Crippen LogP contribution in [0.25, 0.3) is 11.0 Å². The first-order valence-corrected chi connectivity index (χ1v) is 10.3. The summed E-state index contributed by atoms with van der Waals surface area (Å²) in [6.45, 7) is 9.89. The van der Waals surface area contributed by atoms with E-state index in [0.29, 0.717) is 5.25 Å². The van der Waals surface area contributed by atoms with Crippen molar-refractivity contribution in [1.29, 1.82) is 0 Å². The van der Waals surface area contributed by atoms with Crippen molar-refractivity contribution in [3.63, 3.8) is 0 Å². The van der Waals surface area contributed by atoms with Gasteiger partial charge in [0.1, 0.15) is 26.2 Å². The maximum absolute atomic E-state index is 4.88. The summed E-state index contributed by atoms with van der Waals surface area (Å²) in [5.41, 5.74) is 2.36. The zero-order valence-electron chi connectivity index (χ0n) is 15.5. The number of aromatic amines is 1. The van der Waals surface area contributed by atoms with E-state index in [-0.39, 0.29) is 0 Å². The van der Waals surface area contributed by atoms with Gasteiger partial charge < -0.3 is 4.90 Å². The van der Waals surface area contributed by atoms with Crippen LogP contribution in [0.15, 0.2) is 53.8 Å². The highest BCUT2D eigenvalue weighted by molar-refractivity contribution is 7.99. The Balaban J connectivity index is 1.49. The summed E-state index contributed by atoms with van der Waals surface area (Å²) in [7, 11) is 0. The number of anilines is 1. The van der Waals surface area contributed by atoms with Gasteiger partial charge in [-0.25, -0.2) is 9.97 Å². The molecule has 0 atom stereocenters. The van der Waals surface area contributed by atoms with Crippen LogP contribution in [0, 0.1) is 0 Å². The molecule has 1 aromatic carbocycles. The second-order valence-electron chi connectivity index (χ2n) is 7.12. The first-order valence-electron chi connectivity index (χ1n) is 9.38. The highest BCUT2D eigenvalue weighted by Gasteiger charge is 2.27. The fourth-order valence-electron chi connectivity index (χ4n) is 3.53. The third-order valence-electron chi connectivity index (χ3n) is 4.85. The molecular formula is C20H27N5S+2. The predicted molar refractivity (Wildman–Crippen MR) is 107 cm³/mol. The van der Waals surface area contributed by atoms with Crippen LogP contribution >= 0.6 is 11.8 Å². The Kier molecular flexibility index (Phi) is 5.13. The molecule has 0 aliphatic carbocycles. The van der Waals surface area contributed by atoms with E-state index in [1.807, 2.05) is 24.0 Å². The molecule has 0 bridgehead atoms. The lowest BCUT2D eigenvalue weighted by atomic mass is 10.3. The Labute approximate surface area is 159 Å². The van der Waals surface area contributed by atoms with Gasteiger partial charge in [0.15, 0.2) is 11.8 Å². The number of hydrogen-bond donors (Lipinski definition) is 1. The van der Waals surface area contributed by atoms with Crippen molar-refractivity contribution in [3.8, 4) is 0 Å². The second kappa shape index (κ2) is 7.68. The lowest BCUT2D eigenvalue weighted by Crippen LogP contribution is -3.14. The van der Waals surface area contributed by atoms with E-state index >= 15 is 0 Å². The molecule has 0 radical (unpaired) electrons. The minimum absolute atomic E-state index is 0.533. The number of pyridine rings is 1. The van der Waals surface area contributed by atoms with E-state index in [0.717, 1.165) is 43.5 Å². The molecule has 3 heterocycles. The van der Waals surface area contributed by atoms with Crippen LogP contribution in [0.4, 0.5) is 5.82 Å². The van der Waals surface area contributed by atoms with Gasteiger partial charge in [-0.2, -0.15) is 0 Å². The van der Waals surface area contributed by atoms with E-state index in [1.165, 1.54) is 11.3 Å².